The maximum atomic E-state index is 13.2. The van der Waals surface area contributed by atoms with Gasteiger partial charge in [0.2, 0.25) is 0 Å². The highest BCUT2D eigenvalue weighted by Gasteiger charge is 2.20. The second-order valence-electron chi connectivity index (χ2n) is 8.50. The van der Waals surface area contributed by atoms with E-state index in [9.17, 15) is 9.59 Å². The molecule has 4 aromatic carbocycles. The number of nitrogens with one attached hydrogen (secondary N) is 2. The van der Waals surface area contributed by atoms with Crippen LogP contribution in [0.25, 0.3) is 22.0 Å². The Balaban J connectivity index is 1.37. The SMILES string of the molecule is CCOc1cc(C=NNC(=O)c2[nH]c3c(Cl)cccc3c2-c2ccccc2)ccc1OC(=O)c1ccccc1. The first-order chi connectivity index (χ1) is 19.0. The summed E-state index contributed by atoms with van der Waals surface area (Å²) in [6, 6.07) is 28.9. The topological polar surface area (TPSA) is 92.8 Å². The van der Waals surface area contributed by atoms with Gasteiger partial charge in [0.05, 0.1) is 28.9 Å². The van der Waals surface area contributed by atoms with Crippen molar-refractivity contribution in [2.75, 3.05) is 6.61 Å². The number of rotatable bonds is 8. The molecule has 0 unspecified atom stereocenters. The van der Waals surface area contributed by atoms with Crippen molar-refractivity contribution in [2.45, 2.75) is 6.92 Å². The molecule has 8 heteroatoms. The lowest BCUT2D eigenvalue weighted by Gasteiger charge is -2.11. The van der Waals surface area contributed by atoms with Gasteiger partial charge in [-0.15, -0.1) is 0 Å². The Morgan fingerprint density at radius 2 is 1.67 bits per heavy atom. The Labute approximate surface area is 230 Å². The lowest BCUT2D eigenvalue weighted by atomic mass is 10.0. The fourth-order valence-corrected chi connectivity index (χ4v) is 4.39. The lowest BCUT2D eigenvalue weighted by molar-refractivity contribution is 0.0728. The van der Waals surface area contributed by atoms with Crippen LogP contribution in [0.4, 0.5) is 0 Å². The third-order valence-electron chi connectivity index (χ3n) is 5.93. The number of carbonyl (C=O) groups is 2. The van der Waals surface area contributed by atoms with Gasteiger partial charge in [-0.1, -0.05) is 72.3 Å². The molecule has 0 saturated heterocycles. The molecular weight excluding hydrogens is 514 g/mol. The van der Waals surface area contributed by atoms with Crippen LogP contribution in [-0.4, -0.2) is 29.7 Å². The molecule has 0 aliphatic rings. The number of nitrogens with zero attached hydrogens (tertiary/aromatic N) is 1. The quantitative estimate of drug-likeness (QED) is 0.0977. The van der Waals surface area contributed by atoms with Crippen molar-refractivity contribution in [1.29, 1.82) is 0 Å². The third kappa shape index (κ3) is 5.68. The first-order valence-corrected chi connectivity index (χ1v) is 12.7. The number of hydrazone groups is 1. The first kappa shape index (κ1) is 25.8. The van der Waals surface area contributed by atoms with Crippen molar-refractivity contribution in [3.63, 3.8) is 0 Å². The number of fused-ring (bicyclic) bond motifs is 1. The Kier molecular flexibility index (Phi) is 7.70. The van der Waals surface area contributed by atoms with E-state index in [0.717, 1.165) is 16.5 Å². The van der Waals surface area contributed by atoms with Crippen molar-refractivity contribution in [3.05, 3.63) is 119 Å². The summed E-state index contributed by atoms with van der Waals surface area (Å²) < 4.78 is 11.2. The minimum Gasteiger partial charge on any atom is -0.490 e. The molecule has 0 spiro atoms. The molecule has 2 N–H and O–H groups in total. The van der Waals surface area contributed by atoms with Gasteiger partial charge in [-0.3, -0.25) is 4.79 Å². The number of aromatic amines is 1. The zero-order chi connectivity index (χ0) is 27.2. The van der Waals surface area contributed by atoms with E-state index in [1.807, 2.05) is 55.5 Å². The largest absolute Gasteiger partial charge is 0.490 e. The van der Waals surface area contributed by atoms with Crippen LogP contribution in [0.3, 0.4) is 0 Å². The van der Waals surface area contributed by atoms with Crippen molar-refractivity contribution in [1.82, 2.24) is 10.4 Å². The van der Waals surface area contributed by atoms with Crippen LogP contribution < -0.4 is 14.9 Å². The highest BCUT2D eigenvalue weighted by atomic mass is 35.5. The minimum absolute atomic E-state index is 0.286. The average molecular weight is 538 g/mol. The molecule has 5 aromatic rings. The molecule has 7 nitrogen and oxygen atoms in total. The zero-order valence-corrected chi connectivity index (χ0v) is 21.7. The van der Waals surface area contributed by atoms with E-state index in [0.29, 0.717) is 39.7 Å². The second kappa shape index (κ2) is 11.7. The fraction of sp³-hybridized carbons (Fsp3) is 0.0645. The Morgan fingerprint density at radius 3 is 2.41 bits per heavy atom. The molecule has 0 fully saturated rings. The predicted molar refractivity (Wildman–Crippen MR) is 153 cm³/mol. The van der Waals surface area contributed by atoms with E-state index < -0.39 is 11.9 Å². The van der Waals surface area contributed by atoms with E-state index in [-0.39, 0.29) is 5.75 Å². The van der Waals surface area contributed by atoms with Gasteiger partial charge in [0.1, 0.15) is 5.69 Å². The van der Waals surface area contributed by atoms with E-state index in [2.05, 4.69) is 15.5 Å². The number of benzene rings is 4. The number of carbonyl (C=O) groups excluding carboxylic acids is 2. The maximum absolute atomic E-state index is 13.2. The van der Waals surface area contributed by atoms with Crippen LogP contribution in [0, 0.1) is 0 Å². The van der Waals surface area contributed by atoms with Crippen molar-refractivity contribution < 1.29 is 19.1 Å². The standard InChI is InChI=1S/C31H24ClN3O4/c1-2-38-26-18-20(16-17-25(26)39-31(37)22-12-7-4-8-13-22)19-33-35-30(36)29-27(21-10-5-3-6-11-21)23-14-9-15-24(32)28(23)34-29/h3-19,34H,2H2,1H3,(H,35,36). The summed E-state index contributed by atoms with van der Waals surface area (Å²) in [5, 5.41) is 5.50. The van der Waals surface area contributed by atoms with Gasteiger partial charge in [-0.05, 0) is 54.4 Å². The summed E-state index contributed by atoms with van der Waals surface area (Å²) >= 11 is 6.40. The highest BCUT2D eigenvalue weighted by molar-refractivity contribution is 6.36. The van der Waals surface area contributed by atoms with E-state index >= 15 is 0 Å². The average Bonchev–Trinajstić information content (AvgIpc) is 3.36. The van der Waals surface area contributed by atoms with Crippen molar-refractivity contribution >= 4 is 40.6 Å². The summed E-state index contributed by atoms with van der Waals surface area (Å²) in [6.07, 6.45) is 1.49. The number of H-pyrrole nitrogens is 1. The molecule has 0 radical (unpaired) electrons. The van der Waals surface area contributed by atoms with Crippen LogP contribution in [0.1, 0.15) is 33.3 Å². The smallest absolute Gasteiger partial charge is 0.343 e. The predicted octanol–water partition coefficient (Wildman–Crippen LogP) is 6.87. The number of amides is 1. The number of hydrogen-bond acceptors (Lipinski definition) is 5. The van der Waals surface area contributed by atoms with E-state index in [1.54, 1.807) is 48.5 Å². The number of para-hydroxylation sites is 1. The first-order valence-electron chi connectivity index (χ1n) is 12.3. The summed E-state index contributed by atoms with van der Waals surface area (Å²) in [5.74, 6) is -0.239. The van der Waals surface area contributed by atoms with Crippen LogP contribution in [0.15, 0.2) is 102 Å². The van der Waals surface area contributed by atoms with Gasteiger partial charge < -0.3 is 14.5 Å². The normalized spacial score (nSPS) is 11.0. The molecule has 0 bridgehead atoms. The molecule has 0 aliphatic heterocycles. The van der Waals surface area contributed by atoms with Gasteiger partial charge in [-0.25, -0.2) is 10.2 Å². The molecule has 0 aliphatic carbocycles. The minimum atomic E-state index is -0.488. The summed E-state index contributed by atoms with van der Waals surface area (Å²) in [7, 11) is 0. The number of aromatic nitrogens is 1. The lowest BCUT2D eigenvalue weighted by Crippen LogP contribution is -2.18. The van der Waals surface area contributed by atoms with Crippen molar-refractivity contribution in [3.8, 4) is 22.6 Å². The van der Waals surface area contributed by atoms with Gasteiger partial charge in [0.15, 0.2) is 11.5 Å². The Morgan fingerprint density at radius 1 is 0.923 bits per heavy atom. The van der Waals surface area contributed by atoms with Crippen LogP contribution in [0.2, 0.25) is 5.02 Å². The molecule has 1 aromatic heterocycles. The molecule has 5 rings (SSSR count). The number of halogens is 1. The monoisotopic (exact) mass is 537 g/mol. The van der Waals surface area contributed by atoms with E-state index in [1.165, 1.54) is 6.21 Å². The van der Waals surface area contributed by atoms with Gasteiger partial charge in [0.25, 0.3) is 5.91 Å². The Hall–Kier alpha value is -4.88. The molecule has 194 valence electrons. The molecule has 0 saturated carbocycles. The van der Waals surface area contributed by atoms with Gasteiger partial charge >= 0.3 is 5.97 Å². The van der Waals surface area contributed by atoms with Gasteiger partial charge in [-0.2, -0.15) is 5.10 Å². The van der Waals surface area contributed by atoms with Crippen molar-refractivity contribution in [2.24, 2.45) is 5.10 Å². The maximum Gasteiger partial charge on any atom is 0.343 e. The third-order valence-corrected chi connectivity index (χ3v) is 6.25. The number of esters is 1. The number of hydrogen-bond donors (Lipinski definition) is 2. The zero-order valence-electron chi connectivity index (χ0n) is 21.0. The Bertz CT molecular complexity index is 1660. The molecule has 1 amide bonds. The molecular formula is C31H24ClN3O4. The highest BCUT2D eigenvalue weighted by Crippen LogP contribution is 2.35. The van der Waals surface area contributed by atoms with Gasteiger partial charge in [0, 0.05) is 10.9 Å². The number of ether oxygens (including phenoxy) is 2. The van der Waals surface area contributed by atoms with Crippen LogP contribution >= 0.6 is 11.6 Å². The fourth-order valence-electron chi connectivity index (χ4n) is 4.17. The van der Waals surface area contributed by atoms with E-state index in [4.69, 9.17) is 21.1 Å². The molecule has 1 heterocycles. The molecule has 39 heavy (non-hydrogen) atoms. The molecule has 0 atom stereocenters. The summed E-state index contributed by atoms with van der Waals surface area (Å²) in [4.78, 5) is 28.9. The summed E-state index contributed by atoms with van der Waals surface area (Å²) in [5.41, 5.74) is 6.30. The summed E-state index contributed by atoms with van der Waals surface area (Å²) in [6.45, 7) is 2.21. The van der Waals surface area contributed by atoms with Crippen LogP contribution in [0.5, 0.6) is 11.5 Å². The van der Waals surface area contributed by atoms with Crippen LogP contribution in [-0.2, 0) is 0 Å². The second-order valence-corrected chi connectivity index (χ2v) is 8.90.